The Bertz CT molecular complexity index is 2780. The minimum atomic E-state index is 0.214. The van der Waals surface area contributed by atoms with Gasteiger partial charge in [-0.05, 0) is 178 Å². The molecule has 4 bridgehead atoms. The zero-order chi connectivity index (χ0) is 36.5. The highest BCUT2D eigenvalue weighted by Gasteiger charge is 2.61. The first-order valence-corrected chi connectivity index (χ1v) is 21.3. The van der Waals surface area contributed by atoms with Gasteiger partial charge in [-0.3, -0.25) is 0 Å². The van der Waals surface area contributed by atoms with Crippen molar-refractivity contribution in [3.05, 3.63) is 174 Å². The predicted octanol–water partition coefficient (Wildman–Crippen LogP) is 14.4. The molecule has 5 fully saturated rings. The van der Waals surface area contributed by atoms with E-state index in [2.05, 4.69) is 162 Å². The zero-order valence-electron chi connectivity index (χ0n) is 31.8. The van der Waals surface area contributed by atoms with Gasteiger partial charge in [0.05, 0.1) is 11.0 Å². The highest BCUT2D eigenvalue weighted by Crippen LogP contribution is 2.69. The zero-order valence-corrected chi connectivity index (χ0v) is 31.8. The van der Waals surface area contributed by atoms with Crippen LogP contribution in [0.4, 0.5) is 0 Å². The standard InChI is InChI=1S/C55H45N/c1-3-9-36(10-4-1)42-28-43(37-11-5-2-6-12-37)30-46(29-42)56-53-14-8-7-13-48(53)50-32-40(19-22-54(50)56)39-18-21-51-49(31-39)47-20-17-41(38-15-16-38)33-52(47)55(51)44-24-34-23-35(26-44)27-45(55)25-34/h1-14,17-22,28-35,38,44-45H,15-16,23-27H2. The maximum Gasteiger partial charge on any atom is 0.0541 e. The van der Waals surface area contributed by atoms with Crippen LogP contribution in [0.5, 0.6) is 0 Å². The van der Waals surface area contributed by atoms with Crippen LogP contribution in [0.1, 0.15) is 67.6 Å². The Morgan fingerprint density at radius 2 is 1.04 bits per heavy atom. The van der Waals surface area contributed by atoms with Crippen LogP contribution in [0.15, 0.2) is 158 Å². The molecule has 0 amide bonds. The Labute approximate surface area is 329 Å². The molecule has 1 heteroatoms. The summed E-state index contributed by atoms with van der Waals surface area (Å²) in [7, 11) is 0. The van der Waals surface area contributed by atoms with Crippen LogP contribution in [0.25, 0.3) is 72.0 Å². The minimum absolute atomic E-state index is 0.214. The van der Waals surface area contributed by atoms with Crippen molar-refractivity contribution < 1.29 is 0 Å². The van der Waals surface area contributed by atoms with Crippen LogP contribution in [-0.4, -0.2) is 4.57 Å². The lowest BCUT2D eigenvalue weighted by Crippen LogP contribution is -2.55. The van der Waals surface area contributed by atoms with Gasteiger partial charge >= 0.3 is 0 Å². The van der Waals surface area contributed by atoms with Crippen LogP contribution < -0.4 is 0 Å². The van der Waals surface area contributed by atoms with Crippen molar-refractivity contribution in [1.29, 1.82) is 0 Å². The second kappa shape index (κ2) is 11.7. The molecule has 6 aliphatic carbocycles. The van der Waals surface area contributed by atoms with Gasteiger partial charge in [0.25, 0.3) is 0 Å². The lowest BCUT2D eigenvalue weighted by atomic mass is 9.43. The molecule has 0 radical (unpaired) electrons. The molecule has 0 N–H and O–H groups in total. The number of hydrogen-bond acceptors (Lipinski definition) is 0. The van der Waals surface area contributed by atoms with Gasteiger partial charge in [-0.1, -0.05) is 115 Å². The normalized spacial score (nSPS) is 24.3. The first kappa shape index (κ1) is 31.5. The lowest BCUT2D eigenvalue weighted by molar-refractivity contribution is -0.0399. The number of hydrogen-bond donors (Lipinski definition) is 0. The van der Waals surface area contributed by atoms with E-state index in [9.17, 15) is 0 Å². The van der Waals surface area contributed by atoms with Gasteiger partial charge in [-0.2, -0.15) is 0 Å². The molecule has 1 heterocycles. The van der Waals surface area contributed by atoms with Gasteiger partial charge in [-0.25, -0.2) is 0 Å². The van der Waals surface area contributed by atoms with Gasteiger partial charge < -0.3 is 4.57 Å². The van der Waals surface area contributed by atoms with E-state index in [-0.39, 0.29) is 5.41 Å². The molecule has 7 aromatic carbocycles. The first-order chi connectivity index (χ1) is 27.7. The van der Waals surface area contributed by atoms with E-state index in [0.29, 0.717) is 0 Å². The molecule has 8 aromatic rings. The monoisotopic (exact) mass is 719 g/mol. The molecule has 5 saturated carbocycles. The Hall–Kier alpha value is -5.66. The fraction of sp³-hybridized carbons (Fsp3) is 0.236. The van der Waals surface area contributed by atoms with Crippen LogP contribution in [-0.2, 0) is 5.41 Å². The summed E-state index contributed by atoms with van der Waals surface area (Å²) in [5.41, 5.74) is 19.4. The average Bonchev–Trinajstić information content (AvgIpc) is 4.00. The van der Waals surface area contributed by atoms with Crippen LogP contribution >= 0.6 is 0 Å². The Balaban J connectivity index is 0.976. The molecule has 56 heavy (non-hydrogen) atoms. The van der Waals surface area contributed by atoms with Gasteiger partial charge in [-0.15, -0.1) is 0 Å². The predicted molar refractivity (Wildman–Crippen MR) is 232 cm³/mol. The second-order valence-electron chi connectivity index (χ2n) is 18.1. The van der Waals surface area contributed by atoms with Crippen molar-refractivity contribution >= 4 is 21.8 Å². The number of para-hydroxylation sites is 1. The Kier molecular flexibility index (Phi) is 6.58. The topological polar surface area (TPSA) is 4.93 Å². The Morgan fingerprint density at radius 3 is 1.73 bits per heavy atom. The molecule has 0 unspecified atom stereocenters. The molecular formula is C55H45N. The molecule has 270 valence electrons. The van der Waals surface area contributed by atoms with Gasteiger partial charge in [0.1, 0.15) is 0 Å². The van der Waals surface area contributed by atoms with Crippen LogP contribution in [0.2, 0.25) is 0 Å². The van der Waals surface area contributed by atoms with Gasteiger partial charge in [0.2, 0.25) is 0 Å². The fourth-order valence-corrected chi connectivity index (χ4v) is 12.8. The van der Waals surface area contributed by atoms with Crippen LogP contribution in [0.3, 0.4) is 0 Å². The van der Waals surface area contributed by atoms with Crippen molar-refractivity contribution in [3.8, 4) is 50.2 Å². The van der Waals surface area contributed by atoms with Crippen molar-refractivity contribution in [2.45, 2.75) is 56.3 Å². The summed E-state index contributed by atoms with van der Waals surface area (Å²) in [6.45, 7) is 0. The van der Waals surface area contributed by atoms with E-state index in [4.69, 9.17) is 0 Å². The summed E-state index contributed by atoms with van der Waals surface area (Å²) in [5, 5.41) is 2.60. The number of rotatable bonds is 5. The maximum atomic E-state index is 2.71. The molecule has 0 saturated heterocycles. The minimum Gasteiger partial charge on any atom is -0.309 e. The van der Waals surface area contributed by atoms with Crippen molar-refractivity contribution in [1.82, 2.24) is 4.57 Å². The highest BCUT2D eigenvalue weighted by molar-refractivity contribution is 6.10. The third-order valence-corrected chi connectivity index (χ3v) is 15.1. The summed E-state index contributed by atoms with van der Waals surface area (Å²) in [5.74, 6) is 4.30. The quantitative estimate of drug-likeness (QED) is 0.167. The number of benzene rings is 7. The van der Waals surface area contributed by atoms with E-state index in [0.717, 1.165) is 29.6 Å². The van der Waals surface area contributed by atoms with E-state index in [1.54, 1.807) is 16.7 Å². The smallest absolute Gasteiger partial charge is 0.0541 e. The Morgan fingerprint density at radius 1 is 0.411 bits per heavy atom. The third kappa shape index (κ3) is 4.49. The first-order valence-electron chi connectivity index (χ1n) is 21.3. The summed E-state index contributed by atoms with van der Waals surface area (Å²) in [6.07, 6.45) is 9.96. The molecule has 1 nitrogen and oxygen atoms in total. The third-order valence-electron chi connectivity index (χ3n) is 15.1. The number of aromatic nitrogens is 1. The molecule has 0 aliphatic heterocycles. The maximum absolute atomic E-state index is 2.71. The van der Waals surface area contributed by atoms with Gasteiger partial charge in [0.15, 0.2) is 0 Å². The summed E-state index contributed by atoms with van der Waals surface area (Å²) in [6, 6.07) is 60.3. The highest BCUT2D eigenvalue weighted by atomic mass is 15.0. The molecule has 1 spiro atoms. The molecular weight excluding hydrogens is 675 g/mol. The average molecular weight is 720 g/mol. The molecule has 1 aromatic heterocycles. The second-order valence-corrected chi connectivity index (χ2v) is 18.1. The summed E-state index contributed by atoms with van der Waals surface area (Å²) >= 11 is 0. The summed E-state index contributed by atoms with van der Waals surface area (Å²) < 4.78 is 2.49. The van der Waals surface area contributed by atoms with E-state index in [1.165, 1.54) is 117 Å². The summed E-state index contributed by atoms with van der Waals surface area (Å²) in [4.78, 5) is 0. The molecule has 14 rings (SSSR count). The number of nitrogens with zero attached hydrogens (tertiary/aromatic N) is 1. The van der Waals surface area contributed by atoms with Crippen molar-refractivity contribution in [2.75, 3.05) is 0 Å². The van der Waals surface area contributed by atoms with Crippen molar-refractivity contribution in [3.63, 3.8) is 0 Å². The lowest BCUT2D eigenvalue weighted by Gasteiger charge is -2.61. The number of fused-ring (bicyclic) bond motifs is 6. The van der Waals surface area contributed by atoms with E-state index < -0.39 is 0 Å². The van der Waals surface area contributed by atoms with E-state index >= 15 is 0 Å². The fourth-order valence-electron chi connectivity index (χ4n) is 12.8. The van der Waals surface area contributed by atoms with Crippen molar-refractivity contribution in [2.24, 2.45) is 23.7 Å². The molecule has 6 aliphatic rings. The largest absolute Gasteiger partial charge is 0.309 e. The van der Waals surface area contributed by atoms with Crippen LogP contribution in [0, 0.1) is 23.7 Å². The van der Waals surface area contributed by atoms with Gasteiger partial charge in [0, 0.05) is 21.9 Å². The van der Waals surface area contributed by atoms with E-state index in [1.807, 2.05) is 0 Å². The SMILES string of the molecule is c1ccc(-c2cc(-c3ccccc3)cc(-n3c4ccccc4c4cc(-c5ccc6c(c5)-c5ccc(C7CC7)cc5C65C6CC7CC(C6)CC5C7)ccc43)c2)cc1. The molecule has 0 atom stereocenters.